The van der Waals surface area contributed by atoms with Crippen molar-refractivity contribution in [1.82, 2.24) is 4.90 Å². The molecule has 200 valence electrons. The molecular weight excluding hydrogens is 607 g/mol. The van der Waals surface area contributed by atoms with Crippen LogP contribution in [0.4, 0.5) is 0 Å². The molecule has 2 aromatic carbocycles. The van der Waals surface area contributed by atoms with Crippen molar-refractivity contribution in [1.29, 1.82) is 0 Å². The monoisotopic (exact) mass is 630 g/mol. The van der Waals surface area contributed by atoms with E-state index in [-0.39, 0.29) is 129 Å². The van der Waals surface area contributed by atoms with Gasteiger partial charge in [-0.15, -0.1) is 0 Å². The Kier molecular flexibility index (Phi) is 17.0. The molecule has 0 unspecified atom stereocenters. The molecule has 0 radical (unpaired) electrons. The molecule has 0 bridgehead atoms. The van der Waals surface area contributed by atoms with Crippen molar-refractivity contribution in [2.75, 3.05) is 24.7 Å². The molecule has 0 spiro atoms. The number of hydrogen-bond acceptors (Lipinski definition) is 10. The first kappa shape index (κ1) is 38.8. The summed E-state index contributed by atoms with van der Waals surface area (Å²) in [5.41, 5.74) is 1.45. The molecule has 0 aromatic heterocycles. The standard InChI is InChI=1S/C11H11NO5S.C8H5NO2.C3H6O3S.CH4.2K/c13-10-8-4-1-2-5-9(8)11(14)12(10)6-3-7-18(15,16)17;10-7-5-3-1-2-4-6(5)8(11)9-7;4-7(5)3-1-2-6-7;;;/h1-2,4-5H,3,6-7H2,(H,15,16,17);1-4H,(H,9,10,11);1-3H2;1H4;;/q;;;;2*+1/p-2. The van der Waals surface area contributed by atoms with Crippen molar-refractivity contribution >= 4 is 43.9 Å². The fourth-order valence-electron chi connectivity index (χ4n) is 3.39. The topological polar surface area (TPSA) is 186 Å². The third-order valence-electron chi connectivity index (χ3n) is 5.05. The quantitative estimate of drug-likeness (QED) is 0.139. The van der Waals surface area contributed by atoms with Gasteiger partial charge in [-0.05, 0) is 25.0 Å². The molecule has 4 amide bonds. The molecule has 16 heteroatoms. The van der Waals surface area contributed by atoms with E-state index in [4.69, 9.17) is 0 Å². The summed E-state index contributed by atoms with van der Waals surface area (Å²) in [7, 11) is -7.36. The van der Waals surface area contributed by atoms with E-state index in [0.717, 1.165) is 4.90 Å². The van der Waals surface area contributed by atoms with Crippen LogP contribution < -0.4 is 103 Å². The minimum atomic E-state index is -4.32. The summed E-state index contributed by atoms with van der Waals surface area (Å²) in [6.45, 7) is 0.316. The van der Waals surface area contributed by atoms with Crippen LogP contribution in [0.25, 0.3) is 5.32 Å². The first-order valence-electron chi connectivity index (χ1n) is 10.5. The molecule has 1 fully saturated rings. The summed E-state index contributed by atoms with van der Waals surface area (Å²) in [6.07, 6.45) is 0.611. The van der Waals surface area contributed by atoms with Gasteiger partial charge in [0.2, 0.25) is 0 Å². The summed E-state index contributed by atoms with van der Waals surface area (Å²) < 4.78 is 56.1. The van der Waals surface area contributed by atoms with Crippen molar-refractivity contribution in [2.45, 2.75) is 20.3 Å². The minimum absolute atomic E-state index is 0. The number of carbonyl (C=O) groups is 4. The van der Waals surface area contributed by atoms with E-state index in [1.165, 1.54) is 0 Å². The van der Waals surface area contributed by atoms with Crippen LogP contribution >= 0.6 is 0 Å². The van der Waals surface area contributed by atoms with Crippen LogP contribution in [0.3, 0.4) is 0 Å². The number of benzene rings is 2. The molecule has 3 aliphatic heterocycles. The Morgan fingerprint density at radius 2 is 1.28 bits per heavy atom. The minimum Gasteiger partial charge on any atom is -0.748 e. The number of rotatable bonds is 4. The van der Waals surface area contributed by atoms with Crippen LogP contribution in [-0.2, 0) is 24.4 Å². The van der Waals surface area contributed by atoms with E-state index in [0.29, 0.717) is 35.3 Å². The zero-order valence-corrected chi connectivity index (χ0v) is 28.5. The van der Waals surface area contributed by atoms with Crippen LogP contribution in [0.15, 0.2) is 48.5 Å². The molecule has 0 atom stereocenters. The first-order chi connectivity index (χ1) is 16.9. The second-order valence-corrected chi connectivity index (χ2v) is 10.9. The van der Waals surface area contributed by atoms with Gasteiger partial charge in [-0.2, -0.15) is 8.42 Å². The van der Waals surface area contributed by atoms with Crippen molar-refractivity contribution in [3.63, 3.8) is 0 Å². The van der Waals surface area contributed by atoms with Crippen molar-refractivity contribution < 1.29 is 148 Å². The molecule has 3 heterocycles. The third kappa shape index (κ3) is 11.2. The Labute approximate surface area is 312 Å². The van der Waals surface area contributed by atoms with Gasteiger partial charge in [-0.25, -0.2) is 8.42 Å². The molecule has 1 saturated heterocycles. The maximum Gasteiger partial charge on any atom is 1.00 e. The smallest absolute Gasteiger partial charge is 0.748 e. The molecule has 39 heavy (non-hydrogen) atoms. The van der Waals surface area contributed by atoms with Gasteiger partial charge in [-0.3, -0.25) is 18.7 Å². The van der Waals surface area contributed by atoms with Gasteiger partial charge in [-0.1, -0.05) is 43.8 Å². The van der Waals surface area contributed by atoms with E-state index in [1.54, 1.807) is 48.5 Å². The predicted octanol–water partition coefficient (Wildman–Crippen LogP) is -4.05. The van der Waals surface area contributed by atoms with Crippen LogP contribution in [0.2, 0.25) is 0 Å². The number of hydrogen-bond donors (Lipinski definition) is 0. The second kappa shape index (κ2) is 17.1. The Morgan fingerprint density at radius 1 is 0.846 bits per heavy atom. The van der Waals surface area contributed by atoms with Crippen molar-refractivity contribution in [2.24, 2.45) is 0 Å². The van der Waals surface area contributed by atoms with E-state index in [9.17, 15) is 40.6 Å². The normalized spacial score (nSPS) is 16.1. The molecule has 12 nitrogen and oxygen atoms in total. The fourth-order valence-corrected chi connectivity index (χ4v) is 4.83. The van der Waals surface area contributed by atoms with Gasteiger partial charge in [0, 0.05) is 23.4 Å². The fraction of sp³-hybridized carbons (Fsp3) is 0.304. The molecule has 0 saturated carbocycles. The maximum absolute atomic E-state index is 11.8. The average molecular weight is 631 g/mol. The molecule has 0 aliphatic carbocycles. The summed E-state index contributed by atoms with van der Waals surface area (Å²) in [4.78, 5) is 46.4. The van der Waals surface area contributed by atoms with E-state index >= 15 is 0 Å². The number of amides is 4. The molecule has 5 rings (SSSR count). The average Bonchev–Trinajstić information content (AvgIpc) is 3.44. The van der Waals surface area contributed by atoms with Crippen molar-refractivity contribution in [3.8, 4) is 0 Å². The van der Waals surface area contributed by atoms with Crippen molar-refractivity contribution in [3.05, 3.63) is 76.1 Å². The molecular formula is C23H24K2N2O10S2. The van der Waals surface area contributed by atoms with Crippen LogP contribution in [0.1, 0.15) is 61.7 Å². The van der Waals surface area contributed by atoms with Gasteiger partial charge in [0.25, 0.3) is 21.9 Å². The van der Waals surface area contributed by atoms with Gasteiger partial charge in [0.05, 0.1) is 45.4 Å². The predicted molar refractivity (Wildman–Crippen MR) is 131 cm³/mol. The first-order valence-corrected chi connectivity index (χ1v) is 13.7. The van der Waals surface area contributed by atoms with Crippen LogP contribution in [0, 0.1) is 0 Å². The summed E-state index contributed by atoms with van der Waals surface area (Å²) in [5, 5.41) is 3.28. The SMILES string of the molecule is C.O=C1[N-]C(=O)c2ccccc21.O=C1c2ccccc2C(=O)N1CCCS(=O)(=O)[O-].O=S1(=O)CCCO1.[K+].[K+]. The van der Waals surface area contributed by atoms with Gasteiger partial charge < -0.3 is 19.5 Å². The Bertz CT molecular complexity index is 1350. The number of nitrogens with zero attached hydrogens (tertiary/aromatic N) is 2. The summed E-state index contributed by atoms with van der Waals surface area (Å²) in [6, 6.07) is 13.0. The molecule has 2 aromatic rings. The van der Waals surface area contributed by atoms with Gasteiger partial charge in [0.15, 0.2) is 0 Å². The second-order valence-electron chi connectivity index (χ2n) is 7.63. The number of carbonyl (C=O) groups excluding carboxylic acids is 4. The van der Waals surface area contributed by atoms with Gasteiger partial charge in [0.1, 0.15) is 0 Å². The number of fused-ring (bicyclic) bond motifs is 2. The maximum atomic E-state index is 11.8. The van der Waals surface area contributed by atoms with Crippen LogP contribution in [0.5, 0.6) is 0 Å². The zero-order valence-electron chi connectivity index (χ0n) is 20.7. The van der Waals surface area contributed by atoms with E-state index in [1.807, 2.05) is 0 Å². The van der Waals surface area contributed by atoms with E-state index < -0.39 is 49.6 Å². The molecule has 0 N–H and O–H groups in total. The largest absolute Gasteiger partial charge is 1.00 e. The van der Waals surface area contributed by atoms with Crippen LogP contribution in [-0.4, -0.2) is 74.6 Å². The third-order valence-corrected chi connectivity index (χ3v) is 7.15. The molecule has 3 aliphatic rings. The Morgan fingerprint density at radius 3 is 1.62 bits per heavy atom. The zero-order chi connectivity index (χ0) is 26.5. The Balaban J connectivity index is 0.000000590. The van der Waals surface area contributed by atoms with Gasteiger partial charge >= 0.3 is 103 Å². The number of imide groups is 2. The summed E-state index contributed by atoms with van der Waals surface area (Å²) >= 11 is 0. The van der Waals surface area contributed by atoms with E-state index in [2.05, 4.69) is 9.50 Å². The Hall–Kier alpha value is -0.187. The summed E-state index contributed by atoms with van der Waals surface area (Å²) in [5.74, 6) is -2.12.